The van der Waals surface area contributed by atoms with Crippen LogP contribution >= 0.6 is 0 Å². The molecule has 0 radical (unpaired) electrons. The molecule has 204 valence electrons. The van der Waals surface area contributed by atoms with E-state index in [-0.39, 0.29) is 39.5 Å². The maximum absolute atomic E-state index is 15.5. The molecule has 0 atom stereocenters. The van der Waals surface area contributed by atoms with Crippen molar-refractivity contribution in [2.24, 2.45) is 0 Å². The fourth-order valence-corrected chi connectivity index (χ4v) is 3.47. The zero-order chi connectivity index (χ0) is 29.7. The molecular weight excluding hydrogens is 511 g/mol. The van der Waals surface area contributed by atoms with Crippen LogP contribution in [0.4, 0.5) is 4.39 Å². The third kappa shape index (κ3) is 6.88. The number of rotatable bonds is 9. The minimum atomic E-state index is -0.734. The largest absolute Gasteiger partial charge is 0.423 e. The van der Waals surface area contributed by atoms with Crippen molar-refractivity contribution >= 4 is 23.5 Å². The standard InChI is InChI=1S/C33H29FO6/c1-18(2)25-12-9-23(16-29(25)39-32(36)20(5)6)22-10-13-26(27(34)15-22)24-11-14-28(38-31(35)19(3)4)30(17-24)40-33(37)21(7)8/h9-17H,1,3,5,7H2,2,4,6,8H3. The van der Waals surface area contributed by atoms with Crippen LogP contribution in [0.15, 0.2) is 97.6 Å². The van der Waals surface area contributed by atoms with Gasteiger partial charge in [-0.2, -0.15) is 0 Å². The van der Waals surface area contributed by atoms with Gasteiger partial charge in [0.25, 0.3) is 0 Å². The Labute approximate surface area is 232 Å². The Balaban J connectivity index is 2.03. The van der Waals surface area contributed by atoms with E-state index in [0.717, 1.165) is 0 Å². The molecule has 3 rings (SSSR count). The summed E-state index contributed by atoms with van der Waals surface area (Å²) in [5.74, 6) is -2.41. The smallest absolute Gasteiger partial charge is 0.338 e. The van der Waals surface area contributed by atoms with Gasteiger partial charge in [-0.3, -0.25) is 0 Å². The summed E-state index contributed by atoms with van der Waals surface area (Å²) in [6, 6.07) is 14.1. The molecule has 0 aliphatic rings. The number of esters is 3. The van der Waals surface area contributed by atoms with Crippen LogP contribution in [0.2, 0.25) is 0 Å². The van der Waals surface area contributed by atoms with Crippen LogP contribution in [0, 0.1) is 5.82 Å². The summed E-state index contributed by atoms with van der Waals surface area (Å²) in [5.41, 5.74) is 3.57. The van der Waals surface area contributed by atoms with E-state index in [4.69, 9.17) is 14.2 Å². The predicted octanol–water partition coefficient (Wildman–Crippen LogP) is 7.64. The highest BCUT2D eigenvalue weighted by Gasteiger charge is 2.18. The minimum Gasteiger partial charge on any atom is -0.423 e. The van der Waals surface area contributed by atoms with Crippen LogP contribution in [0.25, 0.3) is 27.8 Å². The molecule has 40 heavy (non-hydrogen) atoms. The molecule has 0 aliphatic carbocycles. The molecule has 7 heteroatoms. The van der Waals surface area contributed by atoms with E-state index in [1.807, 2.05) is 0 Å². The zero-order valence-electron chi connectivity index (χ0n) is 22.9. The summed E-state index contributed by atoms with van der Waals surface area (Å²) in [7, 11) is 0. The minimum absolute atomic E-state index is 0.0298. The number of carbonyl (C=O) groups is 3. The molecule has 0 N–H and O–H groups in total. The van der Waals surface area contributed by atoms with E-state index in [2.05, 4.69) is 26.3 Å². The first-order chi connectivity index (χ1) is 18.8. The predicted molar refractivity (Wildman–Crippen MR) is 153 cm³/mol. The molecule has 0 aliphatic heterocycles. The summed E-state index contributed by atoms with van der Waals surface area (Å²) >= 11 is 0. The summed E-state index contributed by atoms with van der Waals surface area (Å²) < 4.78 is 31.6. The lowest BCUT2D eigenvalue weighted by atomic mass is 9.97. The van der Waals surface area contributed by atoms with E-state index in [1.165, 1.54) is 38.1 Å². The first-order valence-electron chi connectivity index (χ1n) is 12.2. The van der Waals surface area contributed by atoms with Crippen LogP contribution in [-0.2, 0) is 14.4 Å². The third-order valence-electron chi connectivity index (χ3n) is 5.65. The molecule has 0 amide bonds. The Hall–Kier alpha value is -5.04. The summed E-state index contributed by atoms with van der Waals surface area (Å²) in [6.07, 6.45) is 0. The fraction of sp³-hybridized carbons (Fsp3) is 0.121. The number of hydrogen-bond donors (Lipinski definition) is 0. The Morgan fingerprint density at radius 2 is 1.02 bits per heavy atom. The highest BCUT2D eigenvalue weighted by atomic mass is 19.1. The molecule has 0 saturated heterocycles. The number of allylic oxidation sites excluding steroid dienone is 1. The van der Waals surface area contributed by atoms with Gasteiger partial charge >= 0.3 is 17.9 Å². The molecule has 3 aromatic carbocycles. The second-order valence-electron chi connectivity index (χ2n) is 9.36. The molecule has 0 heterocycles. The molecule has 0 fully saturated rings. The maximum Gasteiger partial charge on any atom is 0.338 e. The molecular formula is C33H29FO6. The van der Waals surface area contributed by atoms with Crippen LogP contribution < -0.4 is 14.2 Å². The van der Waals surface area contributed by atoms with E-state index in [1.54, 1.807) is 44.2 Å². The Morgan fingerprint density at radius 1 is 0.575 bits per heavy atom. The first-order valence-corrected chi connectivity index (χ1v) is 12.2. The van der Waals surface area contributed by atoms with Crippen molar-refractivity contribution < 1.29 is 33.0 Å². The number of carbonyl (C=O) groups excluding carboxylic acids is 3. The van der Waals surface area contributed by atoms with Gasteiger partial charge in [0, 0.05) is 27.8 Å². The summed E-state index contributed by atoms with van der Waals surface area (Å²) in [6.45, 7) is 20.9. The van der Waals surface area contributed by atoms with Gasteiger partial charge in [-0.15, -0.1) is 0 Å². The second-order valence-corrected chi connectivity index (χ2v) is 9.36. The number of hydrogen-bond acceptors (Lipinski definition) is 6. The van der Waals surface area contributed by atoms with E-state index in [9.17, 15) is 14.4 Å². The van der Waals surface area contributed by atoms with Crippen molar-refractivity contribution in [3.8, 4) is 39.5 Å². The quantitative estimate of drug-likeness (QED) is 0.158. The van der Waals surface area contributed by atoms with Gasteiger partial charge in [0.05, 0.1) is 0 Å². The van der Waals surface area contributed by atoms with Crippen molar-refractivity contribution in [3.63, 3.8) is 0 Å². The van der Waals surface area contributed by atoms with E-state index < -0.39 is 23.7 Å². The lowest BCUT2D eigenvalue weighted by Crippen LogP contribution is -2.12. The molecule has 0 saturated carbocycles. The van der Waals surface area contributed by atoms with Crippen LogP contribution in [-0.4, -0.2) is 17.9 Å². The van der Waals surface area contributed by atoms with Crippen molar-refractivity contribution in [2.45, 2.75) is 27.7 Å². The normalized spacial score (nSPS) is 10.3. The topological polar surface area (TPSA) is 78.9 Å². The lowest BCUT2D eigenvalue weighted by Gasteiger charge is -2.14. The molecule has 3 aromatic rings. The SMILES string of the molecule is C=C(C)C(=O)Oc1ccc(-c2ccc(-c3ccc(C(=C)C)c(OC(=O)C(=C)C)c3)cc2F)cc1OC(=O)C(=C)C. The monoisotopic (exact) mass is 540 g/mol. The van der Waals surface area contributed by atoms with Gasteiger partial charge < -0.3 is 14.2 Å². The highest BCUT2D eigenvalue weighted by Crippen LogP contribution is 2.37. The second kappa shape index (κ2) is 12.2. The molecule has 0 unspecified atom stereocenters. The average molecular weight is 541 g/mol. The van der Waals surface area contributed by atoms with Crippen LogP contribution in [0.5, 0.6) is 17.2 Å². The maximum atomic E-state index is 15.5. The van der Waals surface area contributed by atoms with Gasteiger partial charge in [0.2, 0.25) is 0 Å². The van der Waals surface area contributed by atoms with Gasteiger partial charge in [-0.25, -0.2) is 18.8 Å². The Kier molecular flexibility index (Phi) is 9.01. The summed E-state index contributed by atoms with van der Waals surface area (Å²) in [4.78, 5) is 36.4. The average Bonchev–Trinajstić information content (AvgIpc) is 2.89. The molecule has 0 bridgehead atoms. The third-order valence-corrected chi connectivity index (χ3v) is 5.65. The number of ether oxygens (including phenoxy) is 3. The van der Waals surface area contributed by atoms with Gasteiger partial charge in [0.15, 0.2) is 11.5 Å². The van der Waals surface area contributed by atoms with E-state index in [0.29, 0.717) is 27.8 Å². The van der Waals surface area contributed by atoms with E-state index >= 15 is 4.39 Å². The number of halogens is 1. The lowest BCUT2D eigenvalue weighted by molar-refractivity contribution is -0.132. The van der Waals surface area contributed by atoms with Crippen LogP contribution in [0.3, 0.4) is 0 Å². The molecule has 6 nitrogen and oxygen atoms in total. The van der Waals surface area contributed by atoms with Gasteiger partial charge in [0.1, 0.15) is 11.6 Å². The molecule has 0 spiro atoms. The fourth-order valence-electron chi connectivity index (χ4n) is 3.47. The van der Waals surface area contributed by atoms with Crippen molar-refractivity contribution in [2.75, 3.05) is 0 Å². The molecule has 0 aromatic heterocycles. The van der Waals surface area contributed by atoms with Crippen molar-refractivity contribution in [1.29, 1.82) is 0 Å². The van der Waals surface area contributed by atoms with Crippen molar-refractivity contribution in [1.82, 2.24) is 0 Å². The Bertz CT molecular complexity index is 1590. The zero-order valence-corrected chi connectivity index (χ0v) is 22.9. The highest BCUT2D eigenvalue weighted by molar-refractivity contribution is 5.92. The summed E-state index contributed by atoms with van der Waals surface area (Å²) in [5, 5.41) is 0. The van der Waals surface area contributed by atoms with Gasteiger partial charge in [-0.1, -0.05) is 56.6 Å². The first kappa shape index (κ1) is 29.5. The van der Waals surface area contributed by atoms with Crippen LogP contribution in [0.1, 0.15) is 33.3 Å². The number of benzene rings is 3. The Morgan fingerprint density at radius 3 is 1.55 bits per heavy atom. The van der Waals surface area contributed by atoms with Crippen molar-refractivity contribution in [3.05, 3.63) is 109 Å². The van der Waals surface area contributed by atoms with Gasteiger partial charge in [-0.05, 0) is 74.2 Å².